The molecule has 2 aromatic rings. The number of benzene rings is 2. The second kappa shape index (κ2) is 5.76. The number of aromatic hydroxyl groups is 2. The van der Waals surface area contributed by atoms with Crippen LogP contribution in [0.15, 0.2) is 36.4 Å². The number of phenols is 2. The van der Waals surface area contributed by atoms with E-state index >= 15 is 0 Å². The van der Waals surface area contributed by atoms with Crippen molar-refractivity contribution in [1.82, 2.24) is 0 Å². The summed E-state index contributed by atoms with van der Waals surface area (Å²) in [5.41, 5.74) is 3.18. The summed E-state index contributed by atoms with van der Waals surface area (Å²) in [5, 5.41) is 29.3. The first-order chi connectivity index (χ1) is 9.19. The molecule has 0 spiro atoms. The lowest BCUT2D eigenvalue weighted by atomic mass is 9.91. The molecule has 2 aromatic carbocycles. The summed E-state index contributed by atoms with van der Waals surface area (Å²) in [5.74, 6) is 0.132. The van der Waals surface area contributed by atoms with Gasteiger partial charge in [0.25, 0.3) is 0 Å². The molecule has 3 heteroatoms. The molecular weight excluding hydrogens is 240 g/mol. The van der Waals surface area contributed by atoms with Gasteiger partial charge in [0.05, 0.1) is 0 Å². The Balaban J connectivity index is 2.71. The number of phenolic OH excluding ortho intramolecular Hbond substituents is 2. The highest BCUT2D eigenvalue weighted by Crippen LogP contribution is 2.39. The van der Waals surface area contributed by atoms with Gasteiger partial charge in [0.1, 0.15) is 11.5 Å². The zero-order chi connectivity index (χ0) is 13.8. The number of hydrogen-bond donors (Lipinski definition) is 3. The van der Waals surface area contributed by atoms with E-state index in [4.69, 9.17) is 0 Å². The lowest BCUT2D eigenvalue weighted by molar-refractivity contribution is 0.299. The average molecular weight is 258 g/mol. The maximum absolute atomic E-state index is 10.1. The van der Waals surface area contributed by atoms with Gasteiger partial charge in [-0.3, -0.25) is 0 Å². The summed E-state index contributed by atoms with van der Waals surface area (Å²) in [6, 6.07) is 10.9. The molecule has 0 fully saturated rings. The molecule has 0 bridgehead atoms. The van der Waals surface area contributed by atoms with Gasteiger partial charge in [-0.1, -0.05) is 37.3 Å². The molecular formula is C16H18O3. The van der Waals surface area contributed by atoms with E-state index in [1.54, 1.807) is 0 Å². The Morgan fingerprint density at radius 1 is 0.947 bits per heavy atom. The molecule has 0 atom stereocenters. The highest BCUT2D eigenvalue weighted by Gasteiger charge is 2.17. The van der Waals surface area contributed by atoms with Gasteiger partial charge in [0.2, 0.25) is 0 Å². The molecule has 100 valence electrons. The van der Waals surface area contributed by atoms with Gasteiger partial charge < -0.3 is 15.3 Å². The van der Waals surface area contributed by atoms with Crippen LogP contribution in [0.4, 0.5) is 0 Å². The topological polar surface area (TPSA) is 60.7 Å². The van der Waals surface area contributed by atoms with Crippen LogP contribution in [0.3, 0.4) is 0 Å². The SMILES string of the molecule is CCc1c(O)cc(O)c(-c2ccccc2)c1CCO. The Bertz CT molecular complexity index is 562. The standard InChI is InChI=1S/C16H18O3/c1-2-12-13(8-9-17)16(15(19)10-14(12)18)11-6-4-3-5-7-11/h3-7,10,17-19H,2,8-9H2,1H3. The van der Waals surface area contributed by atoms with Gasteiger partial charge in [-0.05, 0) is 29.5 Å². The van der Waals surface area contributed by atoms with Crippen LogP contribution in [0.2, 0.25) is 0 Å². The van der Waals surface area contributed by atoms with Crippen molar-refractivity contribution in [3.05, 3.63) is 47.5 Å². The minimum absolute atomic E-state index is 0.0181. The fraction of sp³-hybridized carbons (Fsp3) is 0.250. The first kappa shape index (κ1) is 13.4. The average Bonchev–Trinajstić information content (AvgIpc) is 2.40. The maximum Gasteiger partial charge on any atom is 0.127 e. The Morgan fingerprint density at radius 2 is 1.63 bits per heavy atom. The van der Waals surface area contributed by atoms with E-state index in [0.29, 0.717) is 18.4 Å². The van der Waals surface area contributed by atoms with E-state index in [1.165, 1.54) is 6.07 Å². The van der Waals surface area contributed by atoms with Gasteiger partial charge in [0, 0.05) is 18.2 Å². The Morgan fingerprint density at radius 3 is 2.21 bits per heavy atom. The fourth-order valence-electron chi connectivity index (χ4n) is 2.46. The molecule has 0 aliphatic heterocycles. The van der Waals surface area contributed by atoms with Crippen molar-refractivity contribution in [2.45, 2.75) is 19.8 Å². The van der Waals surface area contributed by atoms with Crippen LogP contribution >= 0.6 is 0 Å². The van der Waals surface area contributed by atoms with Crippen LogP contribution < -0.4 is 0 Å². The highest BCUT2D eigenvalue weighted by atomic mass is 16.3. The highest BCUT2D eigenvalue weighted by molar-refractivity contribution is 5.76. The van der Waals surface area contributed by atoms with Crippen molar-refractivity contribution in [2.75, 3.05) is 6.61 Å². The zero-order valence-corrected chi connectivity index (χ0v) is 10.9. The predicted octanol–water partition coefficient (Wildman–Crippen LogP) is 2.86. The molecule has 0 aliphatic rings. The maximum atomic E-state index is 10.1. The Labute approximate surface area is 112 Å². The van der Waals surface area contributed by atoms with E-state index in [0.717, 1.165) is 16.7 Å². The molecule has 0 heterocycles. The lowest BCUT2D eigenvalue weighted by Gasteiger charge is -2.17. The second-order valence-electron chi connectivity index (χ2n) is 4.44. The number of hydrogen-bond acceptors (Lipinski definition) is 3. The molecule has 19 heavy (non-hydrogen) atoms. The van der Waals surface area contributed by atoms with E-state index in [2.05, 4.69) is 0 Å². The predicted molar refractivity (Wildman–Crippen MR) is 75.4 cm³/mol. The van der Waals surface area contributed by atoms with Gasteiger partial charge in [-0.2, -0.15) is 0 Å². The molecule has 0 saturated carbocycles. The summed E-state index contributed by atoms with van der Waals surface area (Å²) in [6.45, 7) is 1.93. The molecule has 2 rings (SSSR count). The van der Waals surface area contributed by atoms with Crippen LogP contribution in [0.25, 0.3) is 11.1 Å². The third-order valence-corrected chi connectivity index (χ3v) is 3.28. The minimum atomic E-state index is -0.0181. The molecule has 0 aliphatic carbocycles. The lowest BCUT2D eigenvalue weighted by Crippen LogP contribution is -2.01. The van der Waals surface area contributed by atoms with Crippen molar-refractivity contribution in [3.63, 3.8) is 0 Å². The quantitative estimate of drug-likeness (QED) is 0.790. The molecule has 0 radical (unpaired) electrons. The molecule has 0 amide bonds. The van der Waals surface area contributed by atoms with Crippen LogP contribution in [0.5, 0.6) is 11.5 Å². The van der Waals surface area contributed by atoms with Gasteiger partial charge >= 0.3 is 0 Å². The van der Waals surface area contributed by atoms with E-state index < -0.39 is 0 Å². The number of aliphatic hydroxyl groups is 1. The van der Waals surface area contributed by atoms with Crippen molar-refractivity contribution in [2.24, 2.45) is 0 Å². The van der Waals surface area contributed by atoms with Gasteiger partial charge in [0.15, 0.2) is 0 Å². The van der Waals surface area contributed by atoms with Crippen molar-refractivity contribution in [3.8, 4) is 22.6 Å². The molecule has 0 aromatic heterocycles. The second-order valence-corrected chi connectivity index (χ2v) is 4.44. The van der Waals surface area contributed by atoms with Crippen molar-refractivity contribution >= 4 is 0 Å². The monoisotopic (exact) mass is 258 g/mol. The first-order valence-electron chi connectivity index (χ1n) is 6.42. The minimum Gasteiger partial charge on any atom is -0.508 e. The Hall–Kier alpha value is -2.00. The summed E-state index contributed by atoms with van der Waals surface area (Å²) < 4.78 is 0. The normalized spacial score (nSPS) is 10.6. The summed E-state index contributed by atoms with van der Waals surface area (Å²) >= 11 is 0. The molecule has 0 saturated heterocycles. The van der Waals surface area contributed by atoms with Crippen LogP contribution in [0.1, 0.15) is 18.1 Å². The van der Waals surface area contributed by atoms with Crippen molar-refractivity contribution in [1.29, 1.82) is 0 Å². The van der Waals surface area contributed by atoms with Crippen LogP contribution in [0, 0.1) is 0 Å². The number of rotatable bonds is 4. The van der Waals surface area contributed by atoms with E-state index in [-0.39, 0.29) is 18.1 Å². The number of aliphatic hydroxyl groups excluding tert-OH is 1. The van der Waals surface area contributed by atoms with Gasteiger partial charge in [-0.25, -0.2) is 0 Å². The fourth-order valence-corrected chi connectivity index (χ4v) is 2.46. The zero-order valence-electron chi connectivity index (χ0n) is 10.9. The molecule has 3 nitrogen and oxygen atoms in total. The molecule has 3 N–H and O–H groups in total. The summed E-state index contributed by atoms with van der Waals surface area (Å²) in [6.07, 6.45) is 1.07. The molecule has 0 unspecified atom stereocenters. The van der Waals surface area contributed by atoms with E-state index in [9.17, 15) is 15.3 Å². The largest absolute Gasteiger partial charge is 0.508 e. The van der Waals surface area contributed by atoms with Gasteiger partial charge in [-0.15, -0.1) is 0 Å². The third kappa shape index (κ3) is 2.56. The van der Waals surface area contributed by atoms with Crippen LogP contribution in [-0.4, -0.2) is 21.9 Å². The van der Waals surface area contributed by atoms with Crippen molar-refractivity contribution < 1.29 is 15.3 Å². The smallest absolute Gasteiger partial charge is 0.127 e. The Kier molecular flexibility index (Phi) is 4.07. The summed E-state index contributed by atoms with van der Waals surface area (Å²) in [7, 11) is 0. The van der Waals surface area contributed by atoms with E-state index in [1.807, 2.05) is 37.3 Å². The summed E-state index contributed by atoms with van der Waals surface area (Å²) in [4.78, 5) is 0. The third-order valence-electron chi connectivity index (χ3n) is 3.28. The van der Waals surface area contributed by atoms with Crippen LogP contribution in [-0.2, 0) is 12.8 Å². The first-order valence-corrected chi connectivity index (χ1v) is 6.42.